The van der Waals surface area contributed by atoms with E-state index in [1.165, 1.54) is 0 Å². The summed E-state index contributed by atoms with van der Waals surface area (Å²) in [4.78, 5) is 26.0. The lowest BCUT2D eigenvalue weighted by molar-refractivity contribution is 0.00463. The Kier molecular flexibility index (Phi) is 7.52. The quantitative estimate of drug-likeness (QED) is 0.808. The van der Waals surface area contributed by atoms with Gasteiger partial charge in [0.05, 0.1) is 16.8 Å². The average Bonchev–Trinajstić information content (AvgIpc) is 2.62. The maximum Gasteiger partial charge on any atom is 0.321 e. The highest BCUT2D eigenvalue weighted by Crippen LogP contribution is 2.23. The van der Waals surface area contributed by atoms with E-state index >= 15 is 0 Å². The molecule has 1 saturated heterocycles. The van der Waals surface area contributed by atoms with E-state index in [0.29, 0.717) is 29.4 Å². The lowest BCUT2D eigenvalue weighted by Crippen LogP contribution is -2.39. The van der Waals surface area contributed by atoms with Gasteiger partial charge in [0.25, 0.3) is 5.91 Å². The van der Waals surface area contributed by atoms with Crippen LogP contribution < -0.4 is 10.6 Å². The number of nitrogens with one attached hydrogen (secondary N) is 2. The van der Waals surface area contributed by atoms with Crippen molar-refractivity contribution in [2.24, 2.45) is 0 Å². The van der Waals surface area contributed by atoms with Crippen LogP contribution in [-0.4, -0.2) is 49.7 Å². The third-order valence-corrected chi connectivity index (χ3v) is 4.43. The maximum atomic E-state index is 12.4. The van der Waals surface area contributed by atoms with E-state index in [1.807, 2.05) is 6.92 Å². The fourth-order valence-electron chi connectivity index (χ4n) is 2.65. The zero-order valence-corrected chi connectivity index (χ0v) is 15.6. The summed E-state index contributed by atoms with van der Waals surface area (Å²) < 4.78 is 5.66. The Bertz CT molecular complexity index is 603. The molecule has 1 heterocycles. The third-order valence-electron chi connectivity index (χ3n) is 4.10. The molecule has 1 aliphatic heterocycles. The Morgan fingerprint density at radius 3 is 2.84 bits per heavy atom. The van der Waals surface area contributed by atoms with Gasteiger partial charge in [-0.3, -0.25) is 4.79 Å². The fraction of sp³-hybridized carbons (Fsp3) is 0.556. The van der Waals surface area contributed by atoms with Gasteiger partial charge in [0.15, 0.2) is 0 Å². The van der Waals surface area contributed by atoms with E-state index in [-0.39, 0.29) is 18.0 Å². The topological polar surface area (TPSA) is 70.7 Å². The molecule has 1 fully saturated rings. The largest absolute Gasteiger partial charge is 0.376 e. The molecule has 0 bridgehead atoms. The number of ether oxygens (including phenoxy) is 1. The molecule has 0 saturated carbocycles. The summed E-state index contributed by atoms with van der Waals surface area (Å²) in [5, 5.41) is 5.97. The Labute approximate surface area is 153 Å². The van der Waals surface area contributed by atoms with E-state index < -0.39 is 0 Å². The second kappa shape index (κ2) is 9.63. The minimum Gasteiger partial charge on any atom is -0.376 e. The van der Waals surface area contributed by atoms with Gasteiger partial charge in [0, 0.05) is 32.3 Å². The molecule has 7 heteroatoms. The first-order valence-corrected chi connectivity index (χ1v) is 9.10. The number of amides is 3. The van der Waals surface area contributed by atoms with Crippen molar-refractivity contribution in [2.75, 3.05) is 32.1 Å². The van der Waals surface area contributed by atoms with Crippen molar-refractivity contribution in [2.45, 2.75) is 38.7 Å². The number of halogens is 1. The van der Waals surface area contributed by atoms with Crippen molar-refractivity contribution in [1.29, 1.82) is 0 Å². The molecule has 1 atom stereocenters. The first-order chi connectivity index (χ1) is 12.0. The molecule has 0 radical (unpaired) electrons. The van der Waals surface area contributed by atoms with E-state index in [2.05, 4.69) is 10.6 Å². The van der Waals surface area contributed by atoms with Crippen molar-refractivity contribution >= 4 is 29.2 Å². The summed E-state index contributed by atoms with van der Waals surface area (Å²) in [6, 6.07) is 4.57. The van der Waals surface area contributed by atoms with Crippen molar-refractivity contribution in [3.63, 3.8) is 0 Å². The number of likely N-dealkylation sites (N-methyl/N-ethyl adjacent to an activating group) is 1. The van der Waals surface area contributed by atoms with Crippen molar-refractivity contribution in [1.82, 2.24) is 10.2 Å². The van der Waals surface area contributed by atoms with Crippen LogP contribution in [0.4, 0.5) is 10.5 Å². The van der Waals surface area contributed by atoms with Crippen LogP contribution >= 0.6 is 11.6 Å². The molecule has 0 spiro atoms. The van der Waals surface area contributed by atoms with Crippen LogP contribution in [-0.2, 0) is 4.74 Å². The predicted octanol–water partition coefficient (Wildman–Crippen LogP) is 3.51. The molecule has 1 aromatic rings. The number of rotatable bonds is 6. The minimum absolute atomic E-state index is 0.0751. The van der Waals surface area contributed by atoms with E-state index in [0.717, 1.165) is 32.3 Å². The van der Waals surface area contributed by atoms with Gasteiger partial charge in [-0.05, 0) is 43.9 Å². The summed E-state index contributed by atoms with van der Waals surface area (Å²) in [5.74, 6) is -0.182. The molecule has 0 aromatic heterocycles. The Hall–Kier alpha value is -1.79. The molecule has 0 aliphatic carbocycles. The molecule has 3 amide bonds. The first kappa shape index (κ1) is 19.5. The summed E-state index contributed by atoms with van der Waals surface area (Å²) in [7, 11) is 1.72. The summed E-state index contributed by atoms with van der Waals surface area (Å²) in [6.07, 6.45) is 4.10. The lowest BCUT2D eigenvalue weighted by atomic mass is 10.1. The van der Waals surface area contributed by atoms with Gasteiger partial charge in [-0.2, -0.15) is 0 Å². The molecular formula is C18H26ClN3O3. The first-order valence-electron chi connectivity index (χ1n) is 8.72. The van der Waals surface area contributed by atoms with Gasteiger partial charge in [-0.25, -0.2) is 4.79 Å². The maximum absolute atomic E-state index is 12.4. The van der Waals surface area contributed by atoms with Gasteiger partial charge < -0.3 is 20.3 Å². The minimum atomic E-state index is -0.276. The van der Waals surface area contributed by atoms with Crippen LogP contribution in [0.1, 0.15) is 43.0 Å². The highest BCUT2D eigenvalue weighted by Gasteiger charge is 2.19. The zero-order chi connectivity index (χ0) is 18.2. The van der Waals surface area contributed by atoms with Crippen LogP contribution in [0.2, 0.25) is 5.02 Å². The highest BCUT2D eigenvalue weighted by atomic mass is 35.5. The molecule has 2 rings (SSSR count). The molecule has 2 N–H and O–H groups in total. The van der Waals surface area contributed by atoms with Gasteiger partial charge in [0.1, 0.15) is 0 Å². The molecule has 0 unspecified atom stereocenters. The molecular weight excluding hydrogens is 342 g/mol. The molecule has 138 valence electrons. The van der Waals surface area contributed by atoms with E-state index in [1.54, 1.807) is 30.1 Å². The number of carbonyl (C=O) groups excluding carboxylic acids is 2. The van der Waals surface area contributed by atoms with E-state index in [4.69, 9.17) is 16.3 Å². The lowest BCUT2D eigenvalue weighted by Gasteiger charge is -2.27. The highest BCUT2D eigenvalue weighted by molar-refractivity contribution is 6.33. The standard InChI is InChI=1S/C18H26ClN3O3/c1-3-9-20-17(23)13-7-8-15(19)16(11-13)21-18(24)22(2)12-14-6-4-5-10-25-14/h7-8,11,14H,3-6,9-10,12H2,1-2H3,(H,20,23)(H,21,24)/t14-/m0/s1. The second-order valence-electron chi connectivity index (χ2n) is 6.25. The van der Waals surface area contributed by atoms with Crippen LogP contribution in [0.25, 0.3) is 0 Å². The number of carbonyl (C=O) groups is 2. The van der Waals surface area contributed by atoms with Gasteiger partial charge in [-0.15, -0.1) is 0 Å². The smallest absolute Gasteiger partial charge is 0.321 e. The summed E-state index contributed by atoms with van der Waals surface area (Å²) >= 11 is 6.16. The van der Waals surface area contributed by atoms with Crippen molar-refractivity contribution in [3.8, 4) is 0 Å². The Morgan fingerprint density at radius 1 is 1.36 bits per heavy atom. The fourth-order valence-corrected chi connectivity index (χ4v) is 2.82. The van der Waals surface area contributed by atoms with Crippen LogP contribution in [0.15, 0.2) is 18.2 Å². The third kappa shape index (κ3) is 5.90. The number of anilines is 1. The monoisotopic (exact) mass is 367 g/mol. The van der Waals surface area contributed by atoms with Gasteiger partial charge >= 0.3 is 6.03 Å². The number of hydrogen-bond acceptors (Lipinski definition) is 3. The van der Waals surface area contributed by atoms with Crippen LogP contribution in [0.5, 0.6) is 0 Å². The molecule has 1 aromatic carbocycles. The predicted molar refractivity (Wildman–Crippen MR) is 99.3 cm³/mol. The normalized spacial score (nSPS) is 17.0. The van der Waals surface area contributed by atoms with Crippen LogP contribution in [0, 0.1) is 0 Å². The van der Waals surface area contributed by atoms with Gasteiger partial charge in [0.2, 0.25) is 0 Å². The van der Waals surface area contributed by atoms with Crippen molar-refractivity contribution < 1.29 is 14.3 Å². The SMILES string of the molecule is CCCNC(=O)c1ccc(Cl)c(NC(=O)N(C)C[C@@H]2CCCCO2)c1. The van der Waals surface area contributed by atoms with E-state index in [9.17, 15) is 9.59 Å². The van der Waals surface area contributed by atoms with Crippen molar-refractivity contribution in [3.05, 3.63) is 28.8 Å². The zero-order valence-electron chi connectivity index (χ0n) is 14.8. The Balaban J connectivity index is 1.97. The molecule has 25 heavy (non-hydrogen) atoms. The second-order valence-corrected chi connectivity index (χ2v) is 6.66. The summed E-state index contributed by atoms with van der Waals surface area (Å²) in [6.45, 7) is 3.87. The number of hydrogen-bond donors (Lipinski definition) is 2. The Morgan fingerprint density at radius 2 is 2.16 bits per heavy atom. The summed E-state index contributed by atoms with van der Waals surface area (Å²) in [5.41, 5.74) is 0.888. The van der Waals surface area contributed by atoms with Crippen LogP contribution in [0.3, 0.4) is 0 Å². The number of nitrogens with zero attached hydrogens (tertiary/aromatic N) is 1. The number of urea groups is 1. The average molecular weight is 368 g/mol. The van der Waals surface area contributed by atoms with Gasteiger partial charge in [-0.1, -0.05) is 18.5 Å². The molecule has 6 nitrogen and oxygen atoms in total. The number of benzene rings is 1. The molecule has 1 aliphatic rings.